The van der Waals surface area contributed by atoms with Crippen molar-refractivity contribution in [1.29, 1.82) is 0 Å². The Balaban J connectivity index is 1.72. The van der Waals surface area contributed by atoms with Gasteiger partial charge in [-0.25, -0.2) is 4.84 Å². The van der Waals surface area contributed by atoms with E-state index in [0.29, 0.717) is 28.7 Å². The van der Waals surface area contributed by atoms with Gasteiger partial charge in [-0.2, -0.15) is 4.37 Å². The SMILES string of the molecule is COc1ccc(-c2cnsc2-c2cc(OC)c(OC)c(OC)c2)cc1NC(=O)[C@H](NCl)c1ccccc1. The molecule has 10 heteroatoms. The molecule has 192 valence electrons. The van der Waals surface area contributed by atoms with E-state index >= 15 is 0 Å². The fourth-order valence-electron chi connectivity index (χ4n) is 3.95. The standard InChI is InChI=1S/C27H26ClN3O5S/c1-33-21-11-10-17(12-20(21)30-27(32)24(31-28)16-8-6-5-7-9-16)19-15-29-37-26(19)18-13-22(34-2)25(36-4)23(14-18)35-3/h5-15,24,31H,1-4H3,(H,30,32)/t24-/m1/s1. The molecular formula is C27H26ClN3O5S. The van der Waals surface area contributed by atoms with Gasteiger partial charge in [-0.15, -0.1) is 0 Å². The van der Waals surface area contributed by atoms with E-state index in [1.807, 2.05) is 54.6 Å². The van der Waals surface area contributed by atoms with E-state index in [1.165, 1.54) is 11.5 Å². The number of benzene rings is 3. The number of nitrogens with zero attached hydrogens (tertiary/aromatic N) is 1. The second-order valence-corrected chi connectivity index (χ2v) is 8.86. The zero-order chi connectivity index (χ0) is 26.4. The van der Waals surface area contributed by atoms with E-state index < -0.39 is 6.04 Å². The monoisotopic (exact) mass is 539 g/mol. The third-order valence-electron chi connectivity index (χ3n) is 5.77. The summed E-state index contributed by atoms with van der Waals surface area (Å²) in [6, 6.07) is 17.8. The smallest absolute Gasteiger partial charge is 0.247 e. The van der Waals surface area contributed by atoms with E-state index in [4.69, 9.17) is 30.7 Å². The predicted molar refractivity (Wildman–Crippen MR) is 146 cm³/mol. The molecule has 0 aliphatic carbocycles. The molecule has 0 saturated carbocycles. The Morgan fingerprint density at radius 1 is 0.865 bits per heavy atom. The first-order valence-corrected chi connectivity index (χ1v) is 12.3. The summed E-state index contributed by atoms with van der Waals surface area (Å²) in [5.74, 6) is 1.77. The van der Waals surface area contributed by atoms with Gasteiger partial charge in [0, 0.05) is 17.3 Å². The number of methoxy groups -OCH3 is 4. The Bertz CT molecular complexity index is 1350. The van der Waals surface area contributed by atoms with Crippen molar-refractivity contribution >= 4 is 34.9 Å². The van der Waals surface area contributed by atoms with E-state index in [2.05, 4.69) is 14.5 Å². The number of halogens is 1. The Morgan fingerprint density at radius 3 is 2.14 bits per heavy atom. The van der Waals surface area contributed by atoms with Crippen LogP contribution in [0.4, 0.5) is 5.69 Å². The highest BCUT2D eigenvalue weighted by atomic mass is 35.5. The second kappa shape index (κ2) is 12.0. The molecule has 37 heavy (non-hydrogen) atoms. The summed E-state index contributed by atoms with van der Waals surface area (Å²) < 4.78 is 26.4. The van der Waals surface area contributed by atoms with E-state index in [1.54, 1.807) is 40.7 Å². The highest BCUT2D eigenvalue weighted by Gasteiger charge is 2.22. The first-order valence-electron chi connectivity index (χ1n) is 11.2. The topological polar surface area (TPSA) is 90.9 Å². The van der Waals surface area contributed by atoms with Crippen LogP contribution in [-0.2, 0) is 4.79 Å². The summed E-state index contributed by atoms with van der Waals surface area (Å²) in [6.45, 7) is 0. The van der Waals surface area contributed by atoms with Crippen LogP contribution in [-0.4, -0.2) is 38.7 Å². The normalized spacial score (nSPS) is 11.5. The number of carbonyl (C=O) groups excluding carboxylic acids is 1. The van der Waals surface area contributed by atoms with Gasteiger partial charge >= 0.3 is 0 Å². The molecule has 8 nitrogen and oxygen atoms in total. The number of rotatable bonds is 10. The van der Waals surface area contributed by atoms with Crippen LogP contribution in [0.1, 0.15) is 11.6 Å². The third-order valence-corrected chi connectivity index (χ3v) is 6.84. The lowest BCUT2D eigenvalue weighted by Crippen LogP contribution is -2.28. The van der Waals surface area contributed by atoms with Crippen molar-refractivity contribution in [2.75, 3.05) is 33.8 Å². The van der Waals surface area contributed by atoms with Crippen LogP contribution in [0.5, 0.6) is 23.0 Å². The molecule has 1 atom stereocenters. The molecule has 0 radical (unpaired) electrons. The molecule has 2 N–H and O–H groups in total. The summed E-state index contributed by atoms with van der Waals surface area (Å²) in [5.41, 5.74) is 3.79. The van der Waals surface area contributed by atoms with Gasteiger partial charge in [0.15, 0.2) is 11.5 Å². The lowest BCUT2D eigenvalue weighted by atomic mass is 10.0. The van der Waals surface area contributed by atoms with Crippen molar-refractivity contribution in [2.45, 2.75) is 6.04 Å². The van der Waals surface area contributed by atoms with Gasteiger partial charge in [0.25, 0.3) is 0 Å². The molecule has 0 bridgehead atoms. The van der Waals surface area contributed by atoms with Crippen molar-refractivity contribution in [3.05, 3.63) is 72.4 Å². The quantitative estimate of drug-likeness (QED) is 0.241. The minimum Gasteiger partial charge on any atom is -0.495 e. The predicted octanol–water partition coefficient (Wildman–Crippen LogP) is 5.93. The lowest BCUT2D eigenvalue weighted by Gasteiger charge is -2.17. The fraction of sp³-hybridized carbons (Fsp3) is 0.185. The minimum absolute atomic E-state index is 0.329. The van der Waals surface area contributed by atoms with Crippen molar-refractivity contribution in [3.63, 3.8) is 0 Å². The largest absolute Gasteiger partial charge is 0.495 e. The molecule has 0 aliphatic heterocycles. The number of ether oxygens (including phenoxy) is 4. The maximum Gasteiger partial charge on any atom is 0.247 e. The van der Waals surface area contributed by atoms with E-state index in [0.717, 1.165) is 27.1 Å². The Morgan fingerprint density at radius 2 is 1.54 bits per heavy atom. The van der Waals surface area contributed by atoms with Crippen molar-refractivity contribution in [1.82, 2.24) is 9.21 Å². The Labute approximate surface area is 224 Å². The van der Waals surface area contributed by atoms with Gasteiger partial charge in [0.1, 0.15) is 11.8 Å². The van der Waals surface area contributed by atoms with Gasteiger partial charge < -0.3 is 24.3 Å². The molecule has 0 aliphatic rings. The summed E-state index contributed by atoms with van der Waals surface area (Å²) in [4.78, 5) is 16.6. The molecule has 4 aromatic rings. The molecule has 0 fully saturated rings. The molecule has 1 heterocycles. The average Bonchev–Trinajstić information content (AvgIpc) is 3.43. The zero-order valence-corrected chi connectivity index (χ0v) is 22.3. The van der Waals surface area contributed by atoms with E-state index in [-0.39, 0.29) is 5.91 Å². The maximum absolute atomic E-state index is 13.1. The van der Waals surface area contributed by atoms with Crippen LogP contribution in [0, 0.1) is 0 Å². The molecule has 0 unspecified atom stereocenters. The number of anilines is 1. The number of hydrogen-bond acceptors (Lipinski definition) is 8. The van der Waals surface area contributed by atoms with Gasteiger partial charge in [0.2, 0.25) is 11.7 Å². The van der Waals surface area contributed by atoms with Gasteiger partial charge in [0.05, 0.1) is 39.0 Å². The minimum atomic E-state index is -0.756. The maximum atomic E-state index is 13.1. The summed E-state index contributed by atoms with van der Waals surface area (Å²) in [5, 5.41) is 2.94. The second-order valence-electron chi connectivity index (χ2n) is 7.84. The summed E-state index contributed by atoms with van der Waals surface area (Å²) in [7, 11) is 6.26. The van der Waals surface area contributed by atoms with Crippen molar-refractivity contribution in [2.24, 2.45) is 0 Å². The van der Waals surface area contributed by atoms with Crippen LogP contribution in [0.3, 0.4) is 0 Å². The molecule has 1 aromatic heterocycles. The van der Waals surface area contributed by atoms with Crippen LogP contribution in [0.15, 0.2) is 66.9 Å². The first-order chi connectivity index (χ1) is 18.0. The van der Waals surface area contributed by atoms with Gasteiger partial charge in [-0.1, -0.05) is 36.4 Å². The zero-order valence-electron chi connectivity index (χ0n) is 20.7. The van der Waals surface area contributed by atoms with Crippen molar-refractivity contribution < 1.29 is 23.7 Å². The Kier molecular flexibility index (Phi) is 8.50. The average molecular weight is 540 g/mol. The number of amides is 1. The summed E-state index contributed by atoms with van der Waals surface area (Å²) >= 11 is 7.27. The Hall–Kier alpha value is -3.79. The van der Waals surface area contributed by atoms with E-state index in [9.17, 15) is 4.79 Å². The third kappa shape index (κ3) is 5.48. The number of carbonyl (C=O) groups is 1. The van der Waals surface area contributed by atoms with Crippen molar-refractivity contribution in [3.8, 4) is 44.6 Å². The van der Waals surface area contributed by atoms with Crippen LogP contribution >= 0.6 is 23.3 Å². The number of nitrogens with one attached hydrogen (secondary N) is 2. The van der Waals surface area contributed by atoms with Crippen LogP contribution < -0.4 is 29.1 Å². The number of hydrogen-bond donors (Lipinski definition) is 2. The summed E-state index contributed by atoms with van der Waals surface area (Å²) in [6.07, 6.45) is 1.78. The highest BCUT2D eigenvalue weighted by molar-refractivity contribution is 7.10. The van der Waals surface area contributed by atoms with Gasteiger partial charge in [-0.05, 0) is 58.7 Å². The molecule has 0 spiro atoms. The fourth-order valence-corrected chi connectivity index (χ4v) is 4.93. The van der Waals surface area contributed by atoms with Crippen LogP contribution in [0.2, 0.25) is 0 Å². The lowest BCUT2D eigenvalue weighted by molar-refractivity contribution is -0.117. The molecule has 4 rings (SSSR count). The molecule has 1 amide bonds. The van der Waals surface area contributed by atoms with Crippen LogP contribution in [0.25, 0.3) is 21.6 Å². The highest BCUT2D eigenvalue weighted by Crippen LogP contribution is 2.45. The number of aromatic nitrogens is 1. The molecule has 0 saturated heterocycles. The molecular weight excluding hydrogens is 514 g/mol. The van der Waals surface area contributed by atoms with Gasteiger partial charge in [-0.3, -0.25) is 4.79 Å². The molecule has 3 aromatic carbocycles. The first kappa shape index (κ1) is 26.3.